The summed E-state index contributed by atoms with van der Waals surface area (Å²) in [4.78, 5) is 26.9. The number of aliphatic carboxylic acids is 1. The molecule has 1 saturated heterocycles. The standard InChI is InChI=1S/C20H22FN5O3S.ClH/c21-15-4-2-1-3-14(15)19(20(29)12-5-6-12)25-8-7-16(30)13(10-25)9-17-22-24-26(23-17)11-18(27)28;/h1-4,9,12,16,19,30H,5-8,10-11H2,(H,27,28);1H/b13-9+;. The zero-order chi connectivity index (χ0) is 21.3. The van der Waals surface area contributed by atoms with Crippen molar-refractivity contribution in [2.45, 2.75) is 37.1 Å². The van der Waals surface area contributed by atoms with Crippen molar-refractivity contribution in [3.8, 4) is 0 Å². The summed E-state index contributed by atoms with van der Waals surface area (Å²) >= 11 is 4.64. The Labute approximate surface area is 190 Å². The Morgan fingerprint density at radius 1 is 1.29 bits per heavy atom. The molecular formula is C20H23ClFN5O3S. The van der Waals surface area contributed by atoms with Crippen LogP contribution in [0.3, 0.4) is 0 Å². The average Bonchev–Trinajstić information content (AvgIpc) is 3.47. The fraction of sp³-hybridized carbons (Fsp3) is 0.450. The molecule has 2 atom stereocenters. The number of ketones is 1. The number of piperidine rings is 1. The molecule has 1 saturated carbocycles. The smallest absolute Gasteiger partial charge is 0.327 e. The first-order valence-electron chi connectivity index (χ1n) is 9.82. The fourth-order valence-corrected chi connectivity index (χ4v) is 4.01. The summed E-state index contributed by atoms with van der Waals surface area (Å²) in [5, 5.41) is 20.4. The maximum Gasteiger partial charge on any atom is 0.327 e. The molecule has 2 aromatic rings. The van der Waals surface area contributed by atoms with E-state index in [1.165, 1.54) is 6.07 Å². The fourth-order valence-electron chi connectivity index (χ4n) is 3.74. The lowest BCUT2D eigenvalue weighted by Gasteiger charge is -2.37. The van der Waals surface area contributed by atoms with E-state index in [1.54, 1.807) is 24.3 Å². The highest BCUT2D eigenvalue weighted by Gasteiger charge is 2.40. The Balaban J connectivity index is 0.00000272. The average molecular weight is 468 g/mol. The van der Waals surface area contributed by atoms with Crippen molar-refractivity contribution in [3.05, 3.63) is 47.0 Å². The van der Waals surface area contributed by atoms with Crippen LogP contribution in [0, 0.1) is 11.7 Å². The number of nitrogens with zero attached hydrogens (tertiary/aromatic N) is 5. The SMILES string of the molecule is Cl.O=C(O)Cn1nnc(/C=C2\CN(C(C(=O)C3CC3)c3ccccc3F)CCC2S)n1. The molecular weight excluding hydrogens is 445 g/mol. The van der Waals surface area contributed by atoms with Crippen LogP contribution in [0.25, 0.3) is 6.08 Å². The molecule has 0 bridgehead atoms. The molecule has 11 heteroatoms. The summed E-state index contributed by atoms with van der Waals surface area (Å²) in [5.41, 5.74) is 1.28. The number of halogens is 2. The first-order chi connectivity index (χ1) is 14.4. The molecule has 166 valence electrons. The van der Waals surface area contributed by atoms with Crippen LogP contribution in [0.15, 0.2) is 29.8 Å². The minimum atomic E-state index is -1.06. The predicted molar refractivity (Wildman–Crippen MR) is 117 cm³/mol. The van der Waals surface area contributed by atoms with E-state index in [0.29, 0.717) is 25.1 Å². The molecule has 1 aromatic carbocycles. The van der Waals surface area contributed by atoms with E-state index in [2.05, 4.69) is 28.0 Å². The number of hydrogen-bond acceptors (Lipinski definition) is 7. The normalized spacial score (nSPS) is 21.5. The summed E-state index contributed by atoms with van der Waals surface area (Å²) in [6.07, 6.45) is 4.11. The Kier molecular flexibility index (Phi) is 7.45. The molecule has 2 aliphatic rings. The molecule has 2 unspecified atom stereocenters. The van der Waals surface area contributed by atoms with Gasteiger partial charge in [0, 0.05) is 29.8 Å². The van der Waals surface area contributed by atoms with E-state index >= 15 is 0 Å². The highest BCUT2D eigenvalue weighted by atomic mass is 35.5. The van der Waals surface area contributed by atoms with Crippen molar-refractivity contribution >= 4 is 42.9 Å². The van der Waals surface area contributed by atoms with Crippen LogP contribution < -0.4 is 0 Å². The van der Waals surface area contributed by atoms with E-state index in [9.17, 15) is 14.0 Å². The molecule has 1 N–H and O–H groups in total. The molecule has 0 spiro atoms. The number of Topliss-reactive ketones (excluding diaryl/α,β-unsaturated/α-hetero) is 1. The maximum atomic E-state index is 14.6. The van der Waals surface area contributed by atoms with Gasteiger partial charge in [-0.15, -0.1) is 22.6 Å². The first-order valence-corrected chi connectivity index (χ1v) is 10.3. The number of rotatable bonds is 7. The van der Waals surface area contributed by atoms with Crippen molar-refractivity contribution in [3.63, 3.8) is 0 Å². The highest BCUT2D eigenvalue weighted by Crippen LogP contribution is 2.39. The van der Waals surface area contributed by atoms with Crippen LogP contribution in [-0.2, 0) is 16.1 Å². The minimum Gasteiger partial charge on any atom is -0.480 e. The molecule has 4 rings (SSSR count). The molecule has 31 heavy (non-hydrogen) atoms. The van der Waals surface area contributed by atoms with Gasteiger partial charge >= 0.3 is 5.97 Å². The number of carboxylic acid groups (broad SMARTS) is 1. The van der Waals surface area contributed by atoms with Crippen molar-refractivity contribution in [2.24, 2.45) is 5.92 Å². The zero-order valence-corrected chi connectivity index (χ0v) is 18.3. The lowest BCUT2D eigenvalue weighted by atomic mass is 9.93. The van der Waals surface area contributed by atoms with Crippen LogP contribution in [-0.4, -0.2) is 60.3 Å². The molecule has 0 radical (unpaired) electrons. The van der Waals surface area contributed by atoms with Gasteiger partial charge in [-0.2, -0.15) is 17.4 Å². The first kappa shape index (κ1) is 23.4. The Hall–Kier alpha value is -2.30. The maximum absolute atomic E-state index is 14.6. The molecule has 2 fully saturated rings. The third kappa shape index (κ3) is 5.50. The monoisotopic (exact) mass is 467 g/mol. The Morgan fingerprint density at radius 2 is 2.03 bits per heavy atom. The van der Waals surface area contributed by atoms with Crippen LogP contribution in [0.5, 0.6) is 0 Å². The second kappa shape index (κ2) is 9.88. The summed E-state index contributed by atoms with van der Waals surface area (Å²) in [7, 11) is 0. The molecule has 2 heterocycles. The van der Waals surface area contributed by atoms with E-state index in [0.717, 1.165) is 23.2 Å². The van der Waals surface area contributed by atoms with Gasteiger partial charge in [0.05, 0.1) is 6.04 Å². The number of carbonyl (C=O) groups excluding carboxylic acids is 1. The number of likely N-dealkylation sites (tertiary alicyclic amines) is 1. The van der Waals surface area contributed by atoms with Gasteiger partial charge in [-0.1, -0.05) is 18.2 Å². The summed E-state index contributed by atoms with van der Waals surface area (Å²) in [5.74, 6) is -1.11. The van der Waals surface area contributed by atoms with Crippen molar-refractivity contribution in [1.29, 1.82) is 0 Å². The number of hydrogen-bond donors (Lipinski definition) is 2. The van der Waals surface area contributed by atoms with Crippen molar-refractivity contribution in [1.82, 2.24) is 25.1 Å². The van der Waals surface area contributed by atoms with Crippen LogP contribution >= 0.6 is 25.0 Å². The van der Waals surface area contributed by atoms with Gasteiger partial charge in [0.1, 0.15) is 5.82 Å². The van der Waals surface area contributed by atoms with Crippen LogP contribution in [0.1, 0.15) is 36.7 Å². The Morgan fingerprint density at radius 3 is 2.71 bits per heavy atom. The molecule has 8 nitrogen and oxygen atoms in total. The molecule has 0 amide bonds. The van der Waals surface area contributed by atoms with Crippen LogP contribution in [0.4, 0.5) is 4.39 Å². The molecule has 1 aliphatic heterocycles. The van der Waals surface area contributed by atoms with Gasteiger partial charge in [-0.25, -0.2) is 4.39 Å². The van der Waals surface area contributed by atoms with E-state index in [-0.39, 0.29) is 47.5 Å². The number of aromatic nitrogens is 4. The highest BCUT2D eigenvalue weighted by molar-refractivity contribution is 7.81. The van der Waals surface area contributed by atoms with Crippen LogP contribution in [0.2, 0.25) is 0 Å². The quantitative estimate of drug-likeness (QED) is 0.603. The van der Waals surface area contributed by atoms with Crippen molar-refractivity contribution < 1.29 is 19.1 Å². The van der Waals surface area contributed by atoms with Gasteiger partial charge in [-0.3, -0.25) is 14.5 Å². The summed E-state index contributed by atoms with van der Waals surface area (Å²) in [6, 6.07) is 5.79. The van der Waals surface area contributed by atoms with Gasteiger partial charge in [-0.05, 0) is 42.2 Å². The van der Waals surface area contributed by atoms with Gasteiger partial charge in [0.15, 0.2) is 18.2 Å². The summed E-state index contributed by atoms with van der Waals surface area (Å²) in [6.45, 7) is 0.652. The van der Waals surface area contributed by atoms with E-state index in [4.69, 9.17) is 5.11 Å². The number of carbonyl (C=O) groups is 2. The second-order valence-corrected chi connectivity index (χ2v) is 8.29. The number of thiol groups is 1. The lowest BCUT2D eigenvalue weighted by molar-refractivity contribution is -0.138. The number of carboxylic acids is 1. The largest absolute Gasteiger partial charge is 0.480 e. The lowest BCUT2D eigenvalue weighted by Crippen LogP contribution is -2.42. The number of benzene rings is 1. The molecule has 1 aromatic heterocycles. The van der Waals surface area contributed by atoms with Gasteiger partial charge in [0.25, 0.3) is 0 Å². The zero-order valence-electron chi connectivity index (χ0n) is 16.6. The minimum absolute atomic E-state index is 0. The van der Waals surface area contributed by atoms with Crippen molar-refractivity contribution in [2.75, 3.05) is 13.1 Å². The predicted octanol–water partition coefficient (Wildman–Crippen LogP) is 2.43. The second-order valence-electron chi connectivity index (χ2n) is 7.67. The van der Waals surface area contributed by atoms with E-state index in [1.807, 2.05) is 4.90 Å². The van der Waals surface area contributed by atoms with E-state index < -0.39 is 12.0 Å². The third-order valence-corrected chi connectivity index (χ3v) is 5.97. The van der Waals surface area contributed by atoms with Gasteiger partial charge < -0.3 is 5.11 Å². The number of tetrazole rings is 1. The summed E-state index contributed by atoms with van der Waals surface area (Å²) < 4.78 is 14.6. The topological polar surface area (TPSA) is 101 Å². The van der Waals surface area contributed by atoms with Gasteiger partial charge in [0.2, 0.25) is 0 Å². The Bertz CT molecular complexity index is 997. The third-order valence-electron chi connectivity index (χ3n) is 5.38. The molecule has 1 aliphatic carbocycles.